The van der Waals surface area contributed by atoms with Crippen molar-refractivity contribution in [3.8, 4) is 6.07 Å². The smallest absolute Gasteiger partial charge is 0.349 e. The quantitative estimate of drug-likeness (QED) is 0.467. The van der Waals surface area contributed by atoms with Gasteiger partial charge in [0, 0.05) is 0 Å². The molecule has 0 atom stereocenters. The molecule has 0 fully saturated rings. The zero-order valence-electron chi connectivity index (χ0n) is 11.9. The summed E-state index contributed by atoms with van der Waals surface area (Å²) >= 11 is 0. The van der Waals surface area contributed by atoms with E-state index in [1.54, 1.807) is 19.1 Å². The van der Waals surface area contributed by atoms with Gasteiger partial charge in [-0.25, -0.2) is 9.18 Å². The Morgan fingerprint density at radius 2 is 1.95 bits per heavy atom. The van der Waals surface area contributed by atoms with Gasteiger partial charge in [0.25, 0.3) is 0 Å². The van der Waals surface area contributed by atoms with Gasteiger partial charge in [-0.3, -0.25) is 0 Å². The van der Waals surface area contributed by atoms with Crippen LogP contribution in [0.15, 0.2) is 29.8 Å². The second-order valence-corrected chi connectivity index (χ2v) is 4.79. The maximum Gasteiger partial charge on any atom is 0.349 e. The van der Waals surface area contributed by atoms with Gasteiger partial charge in [-0.2, -0.15) is 5.26 Å². The second-order valence-electron chi connectivity index (χ2n) is 4.79. The Morgan fingerprint density at radius 3 is 2.40 bits per heavy atom. The summed E-state index contributed by atoms with van der Waals surface area (Å²) in [6, 6.07) is 7.69. The highest BCUT2D eigenvalue weighted by atomic mass is 19.1. The summed E-state index contributed by atoms with van der Waals surface area (Å²) in [5.41, 5.74) is 1.26. The van der Waals surface area contributed by atoms with Crippen LogP contribution in [0, 0.1) is 23.1 Å². The molecule has 1 rings (SSSR count). The SMILES string of the molecule is CCOC(=O)/C(C#N)=C(\CC(C)C)c1ccc(F)cc1. The van der Waals surface area contributed by atoms with Crippen molar-refractivity contribution in [1.29, 1.82) is 5.26 Å². The first-order chi connectivity index (χ1) is 9.49. The zero-order chi connectivity index (χ0) is 15.1. The predicted molar refractivity (Wildman–Crippen MR) is 75.0 cm³/mol. The van der Waals surface area contributed by atoms with Crippen molar-refractivity contribution in [3.05, 3.63) is 41.2 Å². The van der Waals surface area contributed by atoms with Crippen molar-refractivity contribution < 1.29 is 13.9 Å². The Kier molecular flexibility index (Phi) is 5.92. The van der Waals surface area contributed by atoms with Gasteiger partial charge in [0.2, 0.25) is 0 Å². The molecule has 0 bridgehead atoms. The van der Waals surface area contributed by atoms with Gasteiger partial charge in [0.1, 0.15) is 17.5 Å². The average molecular weight is 275 g/mol. The Hall–Kier alpha value is -2.15. The number of allylic oxidation sites excluding steroid dienone is 1. The van der Waals surface area contributed by atoms with E-state index in [-0.39, 0.29) is 23.9 Å². The van der Waals surface area contributed by atoms with Crippen molar-refractivity contribution in [1.82, 2.24) is 0 Å². The van der Waals surface area contributed by atoms with E-state index < -0.39 is 5.97 Å². The minimum absolute atomic E-state index is 0.00726. The number of esters is 1. The fraction of sp³-hybridized carbons (Fsp3) is 0.375. The van der Waals surface area contributed by atoms with Crippen LogP contribution in [-0.4, -0.2) is 12.6 Å². The highest BCUT2D eigenvalue weighted by Gasteiger charge is 2.18. The number of carbonyl (C=O) groups excluding carboxylic acids is 1. The lowest BCUT2D eigenvalue weighted by molar-refractivity contribution is -0.137. The fourth-order valence-corrected chi connectivity index (χ4v) is 1.86. The minimum atomic E-state index is -0.630. The maximum atomic E-state index is 13.0. The highest BCUT2D eigenvalue weighted by molar-refractivity contribution is 6.01. The van der Waals surface area contributed by atoms with Gasteiger partial charge in [0.05, 0.1) is 6.61 Å². The molecule has 0 aromatic heterocycles. The molecule has 0 unspecified atom stereocenters. The number of halogens is 1. The van der Waals surface area contributed by atoms with Crippen LogP contribution in [0.5, 0.6) is 0 Å². The third-order valence-electron chi connectivity index (χ3n) is 2.70. The molecule has 0 heterocycles. The monoisotopic (exact) mass is 275 g/mol. The number of rotatable bonds is 5. The van der Waals surface area contributed by atoms with Crippen LogP contribution < -0.4 is 0 Å². The summed E-state index contributed by atoms with van der Waals surface area (Å²) in [6.07, 6.45) is 0.549. The van der Waals surface area contributed by atoms with E-state index >= 15 is 0 Å². The van der Waals surface area contributed by atoms with E-state index in [0.29, 0.717) is 17.6 Å². The summed E-state index contributed by atoms with van der Waals surface area (Å²) < 4.78 is 17.9. The Balaban J connectivity index is 3.32. The zero-order valence-corrected chi connectivity index (χ0v) is 11.9. The first kappa shape index (κ1) is 15.9. The van der Waals surface area contributed by atoms with Crippen LogP contribution >= 0.6 is 0 Å². The number of carbonyl (C=O) groups is 1. The minimum Gasteiger partial charge on any atom is -0.462 e. The molecule has 1 aromatic carbocycles. The van der Waals surface area contributed by atoms with Gasteiger partial charge in [-0.15, -0.1) is 0 Å². The van der Waals surface area contributed by atoms with Crippen LogP contribution in [0.25, 0.3) is 5.57 Å². The molecule has 20 heavy (non-hydrogen) atoms. The molecule has 0 saturated carbocycles. The van der Waals surface area contributed by atoms with E-state index in [4.69, 9.17) is 4.74 Å². The van der Waals surface area contributed by atoms with Gasteiger partial charge in [-0.1, -0.05) is 26.0 Å². The molecular weight excluding hydrogens is 257 g/mol. The molecule has 4 heteroatoms. The van der Waals surface area contributed by atoms with Crippen LogP contribution in [0.4, 0.5) is 4.39 Å². The van der Waals surface area contributed by atoms with E-state index in [1.165, 1.54) is 12.1 Å². The molecule has 3 nitrogen and oxygen atoms in total. The largest absolute Gasteiger partial charge is 0.462 e. The standard InChI is InChI=1S/C16H18FNO2/c1-4-20-16(19)15(10-18)14(9-11(2)3)12-5-7-13(17)8-6-12/h5-8,11H,4,9H2,1-3H3/b15-14+. The molecule has 0 spiro atoms. The average Bonchev–Trinajstić information content (AvgIpc) is 2.39. The molecule has 0 aliphatic carbocycles. The van der Waals surface area contributed by atoms with E-state index in [1.807, 2.05) is 19.9 Å². The lowest BCUT2D eigenvalue weighted by Gasteiger charge is -2.13. The predicted octanol–water partition coefficient (Wildman–Crippen LogP) is 3.71. The number of hydrogen-bond donors (Lipinski definition) is 0. The van der Waals surface area contributed by atoms with Crippen molar-refractivity contribution in [2.24, 2.45) is 5.92 Å². The molecule has 0 radical (unpaired) electrons. The third-order valence-corrected chi connectivity index (χ3v) is 2.70. The fourth-order valence-electron chi connectivity index (χ4n) is 1.86. The Labute approximate surface area is 118 Å². The molecule has 0 N–H and O–H groups in total. The van der Waals surface area contributed by atoms with Crippen molar-refractivity contribution in [2.45, 2.75) is 27.2 Å². The molecule has 0 aliphatic rings. The van der Waals surface area contributed by atoms with Crippen molar-refractivity contribution >= 4 is 11.5 Å². The summed E-state index contributed by atoms with van der Waals surface area (Å²) in [6.45, 7) is 5.88. The maximum absolute atomic E-state index is 13.0. The summed E-state index contributed by atoms with van der Waals surface area (Å²) in [5, 5.41) is 9.24. The summed E-state index contributed by atoms with van der Waals surface area (Å²) in [5.74, 6) is -0.727. The molecule has 0 aliphatic heterocycles. The number of benzene rings is 1. The van der Waals surface area contributed by atoms with Crippen molar-refractivity contribution in [2.75, 3.05) is 6.61 Å². The molecular formula is C16H18FNO2. The van der Waals surface area contributed by atoms with E-state index in [2.05, 4.69) is 0 Å². The normalized spacial score (nSPS) is 11.8. The van der Waals surface area contributed by atoms with E-state index in [9.17, 15) is 14.4 Å². The van der Waals surface area contributed by atoms with Crippen LogP contribution in [0.3, 0.4) is 0 Å². The van der Waals surface area contributed by atoms with Crippen LogP contribution in [0.1, 0.15) is 32.8 Å². The van der Waals surface area contributed by atoms with Crippen LogP contribution in [0.2, 0.25) is 0 Å². The lowest BCUT2D eigenvalue weighted by Crippen LogP contribution is -2.10. The molecule has 106 valence electrons. The van der Waals surface area contributed by atoms with Gasteiger partial charge < -0.3 is 4.74 Å². The Morgan fingerprint density at radius 1 is 1.35 bits per heavy atom. The van der Waals surface area contributed by atoms with E-state index in [0.717, 1.165) is 0 Å². The van der Waals surface area contributed by atoms with Gasteiger partial charge in [-0.05, 0) is 42.5 Å². The summed E-state index contributed by atoms with van der Waals surface area (Å²) in [4.78, 5) is 11.9. The molecule has 0 amide bonds. The topological polar surface area (TPSA) is 50.1 Å². The van der Waals surface area contributed by atoms with Crippen molar-refractivity contribution in [3.63, 3.8) is 0 Å². The first-order valence-corrected chi connectivity index (χ1v) is 6.55. The Bertz CT molecular complexity index is 539. The lowest BCUT2D eigenvalue weighted by atomic mass is 9.92. The van der Waals surface area contributed by atoms with Gasteiger partial charge in [0.15, 0.2) is 0 Å². The molecule has 1 aromatic rings. The number of ether oxygens (including phenoxy) is 1. The number of nitrogens with zero attached hydrogens (tertiary/aromatic N) is 1. The first-order valence-electron chi connectivity index (χ1n) is 6.55. The molecule has 0 saturated heterocycles. The number of nitriles is 1. The summed E-state index contributed by atoms with van der Waals surface area (Å²) in [7, 11) is 0. The van der Waals surface area contributed by atoms with Gasteiger partial charge >= 0.3 is 5.97 Å². The van der Waals surface area contributed by atoms with Crippen LogP contribution in [-0.2, 0) is 9.53 Å². The number of hydrogen-bond acceptors (Lipinski definition) is 3. The highest BCUT2D eigenvalue weighted by Crippen LogP contribution is 2.27. The third kappa shape index (κ3) is 4.20. The second kappa shape index (κ2) is 7.44.